The average molecular weight is 851 g/mol. The van der Waals surface area contributed by atoms with Gasteiger partial charge in [-0.2, -0.15) is 0 Å². The van der Waals surface area contributed by atoms with Crippen LogP contribution in [0.15, 0.2) is 48.6 Å². The van der Waals surface area contributed by atoms with Crippen molar-refractivity contribution in [2.45, 2.75) is 239 Å². The van der Waals surface area contributed by atoms with Gasteiger partial charge < -0.3 is 14.4 Å². The van der Waals surface area contributed by atoms with Crippen molar-refractivity contribution >= 4 is 19.8 Å². The van der Waals surface area contributed by atoms with Gasteiger partial charge in [0, 0.05) is 12.8 Å². The molecule has 0 fully saturated rings. The highest BCUT2D eigenvalue weighted by molar-refractivity contribution is 7.47. The molecule has 9 heteroatoms. The van der Waals surface area contributed by atoms with Gasteiger partial charge in [0.05, 0.1) is 13.2 Å². The highest BCUT2D eigenvalue weighted by Crippen LogP contribution is 2.43. The molecule has 0 rings (SSSR count). The second-order valence-electron chi connectivity index (χ2n) is 16.1. The Morgan fingerprint density at radius 3 is 1.22 bits per heavy atom. The number of hydrogen-bond donors (Lipinski definition) is 1. The van der Waals surface area contributed by atoms with E-state index < -0.39 is 26.5 Å². The van der Waals surface area contributed by atoms with E-state index in [9.17, 15) is 19.0 Å². The summed E-state index contributed by atoms with van der Waals surface area (Å²) in [7, 11) is -4.29. The van der Waals surface area contributed by atoms with E-state index in [-0.39, 0.29) is 32.0 Å². The number of esters is 2. The number of phosphoric ester groups is 1. The molecule has 2 atom stereocenters. The summed E-state index contributed by atoms with van der Waals surface area (Å²) in [6, 6.07) is 0. The van der Waals surface area contributed by atoms with Gasteiger partial charge in [-0.15, -0.1) is 0 Å². The van der Waals surface area contributed by atoms with Gasteiger partial charge in [0.1, 0.15) is 6.61 Å². The quantitative estimate of drug-likeness (QED) is 0.0279. The third-order valence-corrected chi connectivity index (χ3v) is 11.4. The molecule has 0 aliphatic carbocycles. The molecule has 0 bridgehead atoms. The first kappa shape index (κ1) is 57.0. The molecule has 0 aromatic rings. The van der Waals surface area contributed by atoms with Crippen LogP contribution in [0.1, 0.15) is 233 Å². The molecular weight excluding hydrogens is 760 g/mol. The smallest absolute Gasteiger partial charge is 0.462 e. The molecule has 8 nitrogen and oxygen atoms in total. The van der Waals surface area contributed by atoms with Gasteiger partial charge in [-0.3, -0.25) is 18.6 Å². The third kappa shape index (κ3) is 45.4. The minimum absolute atomic E-state index is 0.00316. The third-order valence-electron chi connectivity index (χ3n) is 10.4. The Balaban J connectivity index is 4.01. The molecule has 0 aliphatic heterocycles. The van der Waals surface area contributed by atoms with E-state index >= 15 is 0 Å². The molecule has 2 unspecified atom stereocenters. The van der Waals surface area contributed by atoms with Crippen LogP contribution < -0.4 is 0 Å². The van der Waals surface area contributed by atoms with Crippen molar-refractivity contribution < 1.29 is 37.6 Å². The lowest BCUT2D eigenvalue weighted by Gasteiger charge is -2.19. The lowest BCUT2D eigenvalue weighted by Crippen LogP contribution is -2.29. The van der Waals surface area contributed by atoms with Crippen LogP contribution in [-0.4, -0.2) is 42.8 Å². The second kappa shape index (κ2) is 45.5. The van der Waals surface area contributed by atoms with Crippen LogP contribution in [0.5, 0.6) is 0 Å². The first-order valence-electron chi connectivity index (χ1n) is 24.4. The van der Waals surface area contributed by atoms with Crippen LogP contribution in [-0.2, 0) is 32.7 Å². The molecule has 59 heavy (non-hydrogen) atoms. The normalized spacial score (nSPS) is 13.6. The van der Waals surface area contributed by atoms with E-state index in [0.29, 0.717) is 6.42 Å². The van der Waals surface area contributed by atoms with Gasteiger partial charge in [-0.1, -0.05) is 184 Å². The number of phosphoric acid groups is 1. The first-order valence-corrected chi connectivity index (χ1v) is 25.9. The van der Waals surface area contributed by atoms with Crippen molar-refractivity contribution in [1.82, 2.24) is 0 Å². The molecule has 0 aliphatic rings. The summed E-state index contributed by atoms with van der Waals surface area (Å²) >= 11 is 0. The van der Waals surface area contributed by atoms with Crippen LogP contribution >= 0.6 is 7.82 Å². The summed E-state index contributed by atoms with van der Waals surface area (Å²) in [6.07, 6.45) is 54.5. The van der Waals surface area contributed by atoms with E-state index in [0.717, 1.165) is 70.6 Å². The SMILES string of the molecule is CCCCCC/C=C\C/C=C\CCCCCCCC(=O)OCC(COP(=O)(O)OCC)OC(=O)CCCCCCCCCCCCC/C=C\C/C=C\CCCCCCC. The van der Waals surface area contributed by atoms with E-state index in [1.807, 2.05) is 0 Å². The minimum Gasteiger partial charge on any atom is -0.462 e. The number of carbonyl (C=O) groups excluding carboxylic acids is 2. The summed E-state index contributed by atoms with van der Waals surface area (Å²) in [5, 5.41) is 0. The Kier molecular flexibility index (Phi) is 44.0. The predicted octanol–water partition coefficient (Wildman–Crippen LogP) is 15.7. The standard InChI is InChI=1S/C50H91O8P/c1-4-7-9-11-13-15-17-19-21-23-24-25-26-27-28-29-31-33-35-37-39-41-43-45-50(52)58-48(47-57-59(53,54)56-6-3)46-55-49(51)44-42-40-38-36-34-32-30-22-20-18-16-14-12-10-8-5-2/h16-19,22-24,30,48H,4-15,20-21,25-29,31-47H2,1-3H3,(H,53,54)/b18-16-,19-17-,24-23-,30-22-. The Morgan fingerprint density at radius 2 is 0.814 bits per heavy atom. The second-order valence-corrected chi connectivity index (χ2v) is 17.6. The maximum atomic E-state index is 12.6. The van der Waals surface area contributed by atoms with E-state index in [2.05, 4.69) is 62.5 Å². The van der Waals surface area contributed by atoms with Crippen molar-refractivity contribution in [3.63, 3.8) is 0 Å². The molecule has 344 valence electrons. The van der Waals surface area contributed by atoms with Gasteiger partial charge in [-0.25, -0.2) is 4.57 Å². The van der Waals surface area contributed by atoms with Crippen molar-refractivity contribution in [3.8, 4) is 0 Å². The Labute approximate surface area is 363 Å². The van der Waals surface area contributed by atoms with Gasteiger partial charge in [0.2, 0.25) is 0 Å². The fraction of sp³-hybridized carbons (Fsp3) is 0.800. The molecule has 0 radical (unpaired) electrons. The zero-order valence-electron chi connectivity index (χ0n) is 38.4. The van der Waals surface area contributed by atoms with E-state index in [4.69, 9.17) is 18.5 Å². The molecule has 0 spiro atoms. The van der Waals surface area contributed by atoms with E-state index in [1.54, 1.807) is 6.92 Å². The van der Waals surface area contributed by atoms with Gasteiger partial charge in [0.25, 0.3) is 0 Å². The highest BCUT2D eigenvalue weighted by Gasteiger charge is 2.25. The number of ether oxygens (including phenoxy) is 2. The van der Waals surface area contributed by atoms with Gasteiger partial charge in [0.15, 0.2) is 6.10 Å². The van der Waals surface area contributed by atoms with E-state index in [1.165, 1.54) is 122 Å². The molecule has 0 amide bonds. The highest BCUT2D eigenvalue weighted by atomic mass is 31.2. The lowest BCUT2D eigenvalue weighted by molar-refractivity contribution is -0.161. The minimum atomic E-state index is -4.29. The summed E-state index contributed by atoms with van der Waals surface area (Å²) < 4.78 is 32.7. The van der Waals surface area contributed by atoms with Crippen LogP contribution in [0.25, 0.3) is 0 Å². The monoisotopic (exact) mass is 851 g/mol. The summed E-state index contributed by atoms with van der Waals surface area (Å²) in [5.41, 5.74) is 0. The molecule has 0 saturated carbocycles. The molecule has 0 heterocycles. The van der Waals surface area contributed by atoms with Crippen LogP contribution in [0.3, 0.4) is 0 Å². The Hall–Kier alpha value is -1.99. The summed E-state index contributed by atoms with van der Waals surface area (Å²) in [4.78, 5) is 34.9. The molecule has 0 aromatic heterocycles. The average Bonchev–Trinajstić information content (AvgIpc) is 3.22. The number of rotatable bonds is 45. The number of unbranched alkanes of at least 4 members (excludes halogenated alkanes) is 25. The Morgan fingerprint density at radius 1 is 0.458 bits per heavy atom. The topological polar surface area (TPSA) is 108 Å². The largest absolute Gasteiger partial charge is 0.472 e. The Bertz CT molecular complexity index is 1100. The molecule has 0 saturated heterocycles. The van der Waals surface area contributed by atoms with Crippen molar-refractivity contribution in [3.05, 3.63) is 48.6 Å². The van der Waals surface area contributed by atoms with Crippen molar-refractivity contribution in [2.24, 2.45) is 0 Å². The van der Waals surface area contributed by atoms with Gasteiger partial charge in [-0.05, 0) is 84.0 Å². The first-order chi connectivity index (χ1) is 28.8. The zero-order chi connectivity index (χ0) is 43.2. The predicted molar refractivity (Wildman–Crippen MR) is 249 cm³/mol. The number of carbonyl (C=O) groups is 2. The summed E-state index contributed by atoms with van der Waals surface area (Å²) in [5.74, 6) is -0.812. The number of hydrogen-bond acceptors (Lipinski definition) is 7. The summed E-state index contributed by atoms with van der Waals surface area (Å²) in [6.45, 7) is 5.45. The van der Waals surface area contributed by atoms with Crippen LogP contribution in [0.4, 0.5) is 0 Å². The fourth-order valence-electron chi connectivity index (χ4n) is 6.75. The fourth-order valence-corrected chi connectivity index (χ4v) is 7.50. The maximum Gasteiger partial charge on any atom is 0.472 e. The van der Waals surface area contributed by atoms with Crippen LogP contribution in [0, 0.1) is 0 Å². The van der Waals surface area contributed by atoms with Gasteiger partial charge >= 0.3 is 19.8 Å². The molecule has 0 aromatic carbocycles. The van der Waals surface area contributed by atoms with Crippen LogP contribution in [0.2, 0.25) is 0 Å². The molecular formula is C50H91O8P. The maximum absolute atomic E-state index is 12.6. The van der Waals surface area contributed by atoms with Crippen molar-refractivity contribution in [1.29, 1.82) is 0 Å². The number of allylic oxidation sites excluding steroid dienone is 8. The lowest BCUT2D eigenvalue weighted by atomic mass is 10.0. The molecule has 1 N–H and O–H groups in total. The zero-order valence-corrected chi connectivity index (χ0v) is 39.3. The van der Waals surface area contributed by atoms with Crippen molar-refractivity contribution in [2.75, 3.05) is 19.8 Å².